The van der Waals surface area contributed by atoms with Crippen molar-refractivity contribution < 1.29 is 14.0 Å². The summed E-state index contributed by atoms with van der Waals surface area (Å²) in [5.74, 6) is -0.880. The molecule has 1 aliphatic rings. The Hall–Kier alpha value is -4.17. The molecule has 0 unspecified atom stereocenters. The number of hydrogen-bond acceptors (Lipinski definition) is 3. The summed E-state index contributed by atoms with van der Waals surface area (Å²) in [6.45, 7) is 3.52. The van der Waals surface area contributed by atoms with Gasteiger partial charge in [0, 0.05) is 48.3 Å². The minimum absolute atomic E-state index is 0.273. The minimum Gasteiger partial charge on any atom is -0.361 e. The van der Waals surface area contributed by atoms with Crippen LogP contribution in [0.2, 0.25) is 0 Å². The van der Waals surface area contributed by atoms with Gasteiger partial charge >= 0.3 is 6.03 Å². The van der Waals surface area contributed by atoms with Crippen LogP contribution in [-0.2, 0) is 24.3 Å². The number of nitrogens with one attached hydrogen (secondary N) is 3. The third-order valence-electron chi connectivity index (χ3n) is 7.33. The van der Waals surface area contributed by atoms with Gasteiger partial charge in [0.2, 0.25) is 5.91 Å². The standard InChI is InChI=1S/C31H34FN5O2/c1-20(27-17-33-28-10-5-4-9-26(27)28)29(30(38)34-25-8-6-7-21(15-25)18-36(2)3)35-31(39)37-14-13-22-16-24(32)12-11-23(22)19-37/h4-12,15-17,20,29,33H,13-14,18-19H2,1-3H3,(H,34,38)(H,35,39)/t20-,29+/m0/s1. The zero-order valence-corrected chi connectivity index (χ0v) is 22.5. The molecule has 8 heteroatoms. The van der Waals surface area contributed by atoms with Crippen LogP contribution in [0.5, 0.6) is 0 Å². The number of rotatable bonds is 7. The Balaban J connectivity index is 1.40. The molecule has 1 aliphatic heterocycles. The second-order valence-electron chi connectivity index (χ2n) is 10.5. The molecule has 202 valence electrons. The number of H-pyrrole nitrogens is 1. The predicted octanol–water partition coefficient (Wildman–Crippen LogP) is 5.25. The van der Waals surface area contributed by atoms with E-state index < -0.39 is 6.04 Å². The van der Waals surface area contributed by atoms with E-state index in [9.17, 15) is 14.0 Å². The highest BCUT2D eigenvalue weighted by Crippen LogP contribution is 2.29. The van der Waals surface area contributed by atoms with E-state index in [0.29, 0.717) is 25.2 Å². The summed E-state index contributed by atoms with van der Waals surface area (Å²) in [5, 5.41) is 7.07. The summed E-state index contributed by atoms with van der Waals surface area (Å²) < 4.78 is 13.7. The number of carbonyl (C=O) groups is 2. The van der Waals surface area contributed by atoms with Crippen LogP contribution >= 0.6 is 0 Å². The first-order valence-electron chi connectivity index (χ1n) is 13.2. The van der Waals surface area contributed by atoms with Gasteiger partial charge in [-0.15, -0.1) is 0 Å². The van der Waals surface area contributed by atoms with E-state index in [0.717, 1.165) is 39.7 Å². The summed E-state index contributed by atoms with van der Waals surface area (Å²) in [6, 6.07) is 19.2. The van der Waals surface area contributed by atoms with Gasteiger partial charge in [0.05, 0.1) is 0 Å². The summed E-state index contributed by atoms with van der Waals surface area (Å²) >= 11 is 0. The molecule has 0 saturated heterocycles. The Bertz CT molecular complexity index is 1500. The molecule has 2 heterocycles. The molecule has 3 N–H and O–H groups in total. The highest BCUT2D eigenvalue weighted by Gasteiger charge is 2.32. The molecule has 5 rings (SSSR count). The minimum atomic E-state index is -0.830. The van der Waals surface area contributed by atoms with Crippen molar-refractivity contribution in [2.75, 3.05) is 26.0 Å². The highest BCUT2D eigenvalue weighted by atomic mass is 19.1. The maximum atomic E-state index is 13.8. The van der Waals surface area contributed by atoms with Crippen molar-refractivity contribution in [3.63, 3.8) is 0 Å². The number of anilines is 1. The summed E-state index contributed by atoms with van der Waals surface area (Å²) in [7, 11) is 3.99. The number of carbonyl (C=O) groups excluding carboxylic acids is 2. The summed E-state index contributed by atoms with van der Waals surface area (Å²) in [6.07, 6.45) is 2.47. The van der Waals surface area contributed by atoms with Crippen LogP contribution in [0.25, 0.3) is 10.9 Å². The summed E-state index contributed by atoms with van der Waals surface area (Å²) in [5.41, 5.74) is 5.51. The molecule has 0 saturated carbocycles. The van der Waals surface area contributed by atoms with Gasteiger partial charge in [-0.1, -0.05) is 43.3 Å². The van der Waals surface area contributed by atoms with Crippen molar-refractivity contribution in [2.24, 2.45) is 0 Å². The monoisotopic (exact) mass is 527 g/mol. The average Bonchev–Trinajstić information content (AvgIpc) is 3.35. The second-order valence-corrected chi connectivity index (χ2v) is 10.5. The van der Waals surface area contributed by atoms with Crippen LogP contribution in [0, 0.1) is 5.82 Å². The summed E-state index contributed by atoms with van der Waals surface area (Å²) in [4.78, 5) is 34.3. The van der Waals surface area contributed by atoms with Gasteiger partial charge in [0.1, 0.15) is 11.9 Å². The van der Waals surface area contributed by atoms with Gasteiger partial charge in [-0.2, -0.15) is 0 Å². The maximum Gasteiger partial charge on any atom is 0.318 e. The van der Waals surface area contributed by atoms with E-state index in [1.165, 1.54) is 12.1 Å². The first kappa shape index (κ1) is 26.4. The third-order valence-corrected chi connectivity index (χ3v) is 7.33. The van der Waals surface area contributed by atoms with Gasteiger partial charge in [-0.3, -0.25) is 4.79 Å². The van der Waals surface area contributed by atoms with Crippen LogP contribution in [0.3, 0.4) is 0 Å². The first-order valence-corrected chi connectivity index (χ1v) is 13.2. The molecule has 0 radical (unpaired) electrons. The van der Waals surface area contributed by atoms with Crippen molar-refractivity contribution in [3.05, 3.63) is 101 Å². The number of fused-ring (bicyclic) bond motifs is 2. The van der Waals surface area contributed by atoms with Gasteiger partial charge in [-0.25, -0.2) is 9.18 Å². The van der Waals surface area contributed by atoms with Crippen LogP contribution in [0.1, 0.15) is 35.1 Å². The van der Waals surface area contributed by atoms with Crippen molar-refractivity contribution >= 4 is 28.5 Å². The first-order chi connectivity index (χ1) is 18.8. The van der Waals surface area contributed by atoms with Crippen molar-refractivity contribution in [1.29, 1.82) is 0 Å². The number of amides is 3. The SMILES string of the molecule is C[C@@H](c1c[nH]c2ccccc12)[C@@H](NC(=O)N1CCc2cc(F)ccc2C1)C(=O)Nc1cccc(CN(C)C)c1. The molecule has 1 aromatic heterocycles. The molecule has 4 aromatic rings. The van der Waals surface area contributed by atoms with Gasteiger partial charge in [-0.05, 0) is 73.1 Å². The third kappa shape index (κ3) is 5.96. The number of aromatic amines is 1. The molecule has 0 spiro atoms. The Morgan fingerprint density at radius 3 is 2.69 bits per heavy atom. The number of nitrogens with zero attached hydrogens (tertiary/aromatic N) is 2. The van der Waals surface area contributed by atoms with Gasteiger partial charge in [0.15, 0.2) is 0 Å². The lowest BCUT2D eigenvalue weighted by Crippen LogP contribution is -2.52. The number of urea groups is 1. The lowest BCUT2D eigenvalue weighted by Gasteiger charge is -2.32. The second kappa shape index (κ2) is 11.3. The Labute approximate surface area is 228 Å². The van der Waals surface area contributed by atoms with Crippen LogP contribution in [-0.4, -0.2) is 53.4 Å². The zero-order chi connectivity index (χ0) is 27.5. The smallest absolute Gasteiger partial charge is 0.318 e. The number of hydrogen-bond donors (Lipinski definition) is 3. The largest absolute Gasteiger partial charge is 0.361 e. The Morgan fingerprint density at radius 2 is 1.87 bits per heavy atom. The van der Waals surface area contributed by atoms with E-state index >= 15 is 0 Å². The molecule has 3 aromatic carbocycles. The van der Waals surface area contributed by atoms with E-state index in [2.05, 4.69) is 20.5 Å². The highest BCUT2D eigenvalue weighted by molar-refractivity contribution is 5.98. The van der Waals surface area contributed by atoms with Crippen molar-refractivity contribution in [3.8, 4) is 0 Å². The Kier molecular flexibility index (Phi) is 7.65. The molecular formula is C31H34FN5O2. The molecule has 0 aliphatic carbocycles. The van der Waals surface area contributed by atoms with Crippen LogP contribution in [0.15, 0.2) is 72.9 Å². The van der Waals surface area contributed by atoms with E-state index in [1.54, 1.807) is 11.0 Å². The van der Waals surface area contributed by atoms with E-state index in [-0.39, 0.29) is 23.7 Å². The van der Waals surface area contributed by atoms with Gasteiger partial charge < -0.3 is 25.4 Å². The molecule has 0 bridgehead atoms. The fraction of sp³-hybridized carbons (Fsp3) is 0.290. The number of para-hydroxylation sites is 1. The molecule has 2 atom stereocenters. The fourth-order valence-electron chi connectivity index (χ4n) is 5.32. The predicted molar refractivity (Wildman–Crippen MR) is 152 cm³/mol. The lowest BCUT2D eigenvalue weighted by atomic mass is 9.92. The van der Waals surface area contributed by atoms with Crippen LogP contribution in [0.4, 0.5) is 14.9 Å². The van der Waals surface area contributed by atoms with Gasteiger partial charge in [0.25, 0.3) is 0 Å². The topological polar surface area (TPSA) is 80.5 Å². The number of halogens is 1. The molecule has 39 heavy (non-hydrogen) atoms. The number of benzene rings is 3. The molecule has 3 amide bonds. The van der Waals surface area contributed by atoms with E-state index in [4.69, 9.17) is 0 Å². The van der Waals surface area contributed by atoms with E-state index in [1.807, 2.05) is 75.7 Å². The molecule has 0 fully saturated rings. The zero-order valence-electron chi connectivity index (χ0n) is 22.5. The molecular weight excluding hydrogens is 493 g/mol. The average molecular weight is 528 g/mol. The lowest BCUT2D eigenvalue weighted by molar-refractivity contribution is -0.118. The number of aromatic nitrogens is 1. The maximum absolute atomic E-state index is 13.8. The van der Waals surface area contributed by atoms with Crippen LogP contribution < -0.4 is 10.6 Å². The Morgan fingerprint density at radius 1 is 1.05 bits per heavy atom. The fourth-order valence-corrected chi connectivity index (χ4v) is 5.32. The van der Waals surface area contributed by atoms with Crippen molar-refractivity contribution in [1.82, 2.24) is 20.1 Å². The quantitative estimate of drug-likeness (QED) is 0.307. The van der Waals surface area contributed by atoms with Crippen molar-refractivity contribution in [2.45, 2.75) is 38.4 Å². The normalized spacial score (nSPS) is 14.6. The molecule has 7 nitrogen and oxygen atoms in total.